The molecule has 0 spiro atoms. The average molecular weight is 394 g/mol. The van der Waals surface area contributed by atoms with Gasteiger partial charge in [0.05, 0.1) is 23.1 Å². The molecule has 0 saturated carbocycles. The molecule has 1 aromatic carbocycles. The Balaban J connectivity index is 2.18. The van der Waals surface area contributed by atoms with E-state index in [-0.39, 0.29) is 12.3 Å². The number of aliphatic carboxylic acids is 1. The van der Waals surface area contributed by atoms with Gasteiger partial charge in [-0.25, -0.2) is 4.68 Å². The Bertz CT molecular complexity index is 768. The van der Waals surface area contributed by atoms with Crippen LogP contribution in [0.25, 0.3) is 5.69 Å². The summed E-state index contributed by atoms with van der Waals surface area (Å²) < 4.78 is 2.62. The molecule has 24 heavy (non-hydrogen) atoms. The van der Waals surface area contributed by atoms with Crippen LogP contribution in [0.1, 0.15) is 42.7 Å². The molecule has 0 saturated heterocycles. The second-order valence-electron chi connectivity index (χ2n) is 6.27. The van der Waals surface area contributed by atoms with Gasteiger partial charge in [0.15, 0.2) is 0 Å². The van der Waals surface area contributed by atoms with Gasteiger partial charge in [-0.2, -0.15) is 5.10 Å². The van der Waals surface area contributed by atoms with Crippen LogP contribution in [0.4, 0.5) is 0 Å². The van der Waals surface area contributed by atoms with Gasteiger partial charge < -0.3 is 10.4 Å². The molecule has 128 valence electrons. The molecule has 0 aliphatic carbocycles. The number of benzene rings is 1. The molecule has 0 aliphatic rings. The summed E-state index contributed by atoms with van der Waals surface area (Å²) >= 11 is 3.42. The van der Waals surface area contributed by atoms with Gasteiger partial charge in [-0.05, 0) is 45.4 Å². The molecular formula is C17H20BrN3O3. The van der Waals surface area contributed by atoms with Crippen LogP contribution < -0.4 is 5.32 Å². The number of rotatable bonds is 6. The number of hydrogen-bond donors (Lipinski definition) is 2. The van der Waals surface area contributed by atoms with E-state index in [1.807, 2.05) is 45.0 Å². The van der Waals surface area contributed by atoms with Crippen LogP contribution in [-0.4, -0.2) is 32.3 Å². The Morgan fingerprint density at radius 3 is 2.71 bits per heavy atom. The summed E-state index contributed by atoms with van der Waals surface area (Å²) in [5.41, 5.74) is 1.43. The lowest BCUT2D eigenvalue weighted by molar-refractivity contribution is -0.137. The molecule has 7 heteroatoms. The van der Waals surface area contributed by atoms with Gasteiger partial charge in [0.2, 0.25) is 0 Å². The fraction of sp³-hybridized carbons (Fsp3) is 0.353. The van der Waals surface area contributed by atoms with Crippen molar-refractivity contribution in [3.05, 3.63) is 46.2 Å². The Hall–Kier alpha value is -2.15. The standard InChI is InChI=1S/C17H20BrN3O3/c1-11-14(16(24)20-17(2,3)8-7-15(22)23)10-19-21(11)13-6-4-5-12(18)9-13/h4-6,9-10H,7-8H2,1-3H3,(H,20,24)(H,22,23). The second-order valence-corrected chi connectivity index (χ2v) is 7.18. The van der Waals surface area contributed by atoms with Crippen molar-refractivity contribution in [1.82, 2.24) is 15.1 Å². The molecule has 6 nitrogen and oxygen atoms in total. The summed E-state index contributed by atoms with van der Waals surface area (Å²) in [7, 11) is 0. The van der Waals surface area contributed by atoms with E-state index in [0.29, 0.717) is 12.0 Å². The highest BCUT2D eigenvalue weighted by molar-refractivity contribution is 9.10. The van der Waals surface area contributed by atoms with E-state index in [1.54, 1.807) is 4.68 Å². The van der Waals surface area contributed by atoms with E-state index in [4.69, 9.17) is 5.11 Å². The molecule has 0 fully saturated rings. The number of carbonyl (C=O) groups excluding carboxylic acids is 1. The topological polar surface area (TPSA) is 84.2 Å². The molecule has 2 aromatic rings. The molecule has 2 rings (SSSR count). The zero-order chi connectivity index (χ0) is 17.9. The SMILES string of the molecule is Cc1c(C(=O)NC(C)(C)CCC(=O)O)cnn1-c1cccc(Br)c1. The van der Waals surface area contributed by atoms with Crippen molar-refractivity contribution in [3.8, 4) is 5.69 Å². The highest BCUT2D eigenvalue weighted by Crippen LogP contribution is 2.19. The van der Waals surface area contributed by atoms with Crippen LogP contribution in [0.3, 0.4) is 0 Å². The Kier molecular flexibility index (Phi) is 5.43. The number of carbonyl (C=O) groups is 2. The minimum absolute atomic E-state index is 0.00354. The van der Waals surface area contributed by atoms with E-state index in [2.05, 4.69) is 26.3 Å². The lowest BCUT2D eigenvalue weighted by atomic mass is 9.98. The molecule has 0 atom stereocenters. The van der Waals surface area contributed by atoms with Crippen molar-refractivity contribution in [1.29, 1.82) is 0 Å². The molecule has 1 heterocycles. The van der Waals surface area contributed by atoms with Gasteiger partial charge in [0, 0.05) is 16.4 Å². The highest BCUT2D eigenvalue weighted by atomic mass is 79.9. The number of nitrogens with zero attached hydrogens (tertiary/aromatic N) is 2. The van der Waals surface area contributed by atoms with Crippen molar-refractivity contribution < 1.29 is 14.7 Å². The third-order valence-electron chi connectivity index (χ3n) is 3.72. The number of halogens is 1. The average Bonchev–Trinajstić information content (AvgIpc) is 2.87. The van der Waals surface area contributed by atoms with Crippen molar-refractivity contribution in [2.24, 2.45) is 0 Å². The summed E-state index contributed by atoms with van der Waals surface area (Å²) in [6, 6.07) is 7.64. The lowest BCUT2D eigenvalue weighted by Crippen LogP contribution is -2.43. The first-order chi connectivity index (χ1) is 11.2. The quantitative estimate of drug-likeness (QED) is 0.788. The molecule has 0 bridgehead atoms. The van der Waals surface area contributed by atoms with Crippen molar-refractivity contribution >= 4 is 27.8 Å². The number of hydrogen-bond acceptors (Lipinski definition) is 3. The number of carboxylic acids is 1. The number of aromatic nitrogens is 2. The molecule has 1 aromatic heterocycles. The summed E-state index contributed by atoms with van der Waals surface area (Å²) in [5, 5.41) is 16.0. The highest BCUT2D eigenvalue weighted by Gasteiger charge is 2.24. The maximum absolute atomic E-state index is 12.5. The molecule has 0 radical (unpaired) electrons. The van der Waals surface area contributed by atoms with Gasteiger partial charge >= 0.3 is 5.97 Å². The van der Waals surface area contributed by atoms with Crippen molar-refractivity contribution in [2.45, 2.75) is 39.2 Å². The van der Waals surface area contributed by atoms with Crippen LogP contribution in [0.5, 0.6) is 0 Å². The Morgan fingerprint density at radius 1 is 1.38 bits per heavy atom. The minimum Gasteiger partial charge on any atom is -0.481 e. The molecule has 1 amide bonds. The van der Waals surface area contributed by atoms with Crippen LogP contribution in [0.2, 0.25) is 0 Å². The van der Waals surface area contributed by atoms with Crippen LogP contribution in [0.15, 0.2) is 34.9 Å². The first-order valence-electron chi connectivity index (χ1n) is 7.54. The largest absolute Gasteiger partial charge is 0.481 e. The monoisotopic (exact) mass is 393 g/mol. The third kappa shape index (κ3) is 4.44. The van der Waals surface area contributed by atoms with Gasteiger partial charge in [-0.1, -0.05) is 22.0 Å². The summed E-state index contributed by atoms with van der Waals surface area (Å²) in [5.74, 6) is -1.14. The van der Waals surface area contributed by atoms with Crippen LogP contribution in [-0.2, 0) is 4.79 Å². The maximum atomic E-state index is 12.5. The first-order valence-corrected chi connectivity index (χ1v) is 8.34. The normalized spacial score (nSPS) is 11.3. The van der Waals surface area contributed by atoms with E-state index >= 15 is 0 Å². The Morgan fingerprint density at radius 2 is 2.08 bits per heavy atom. The zero-order valence-corrected chi connectivity index (χ0v) is 15.4. The van der Waals surface area contributed by atoms with Crippen molar-refractivity contribution in [3.63, 3.8) is 0 Å². The summed E-state index contributed by atoms with van der Waals surface area (Å²) in [4.78, 5) is 23.2. The molecular weight excluding hydrogens is 374 g/mol. The predicted molar refractivity (Wildman–Crippen MR) is 94.4 cm³/mol. The fourth-order valence-electron chi connectivity index (χ4n) is 2.36. The number of carboxylic acid groups (broad SMARTS) is 1. The third-order valence-corrected chi connectivity index (χ3v) is 4.22. The van der Waals surface area contributed by atoms with Crippen LogP contribution >= 0.6 is 15.9 Å². The molecule has 0 unspecified atom stereocenters. The van der Waals surface area contributed by atoms with E-state index in [1.165, 1.54) is 6.20 Å². The second kappa shape index (κ2) is 7.17. The minimum atomic E-state index is -0.879. The smallest absolute Gasteiger partial charge is 0.303 e. The number of nitrogens with one attached hydrogen (secondary N) is 1. The van der Waals surface area contributed by atoms with Crippen molar-refractivity contribution in [2.75, 3.05) is 0 Å². The number of amides is 1. The first kappa shape index (κ1) is 18.2. The van der Waals surface area contributed by atoms with Gasteiger partial charge in [0.25, 0.3) is 5.91 Å². The molecule has 0 aliphatic heterocycles. The van der Waals surface area contributed by atoms with E-state index < -0.39 is 11.5 Å². The molecule has 2 N–H and O–H groups in total. The summed E-state index contributed by atoms with van der Waals surface area (Å²) in [6.07, 6.45) is 1.88. The van der Waals surface area contributed by atoms with Gasteiger partial charge in [-0.15, -0.1) is 0 Å². The lowest BCUT2D eigenvalue weighted by Gasteiger charge is -2.25. The van der Waals surface area contributed by atoms with E-state index in [0.717, 1.165) is 15.9 Å². The Labute approximate surface area is 149 Å². The maximum Gasteiger partial charge on any atom is 0.303 e. The van der Waals surface area contributed by atoms with E-state index in [9.17, 15) is 9.59 Å². The fourth-order valence-corrected chi connectivity index (χ4v) is 2.74. The summed E-state index contributed by atoms with van der Waals surface area (Å²) in [6.45, 7) is 5.44. The van der Waals surface area contributed by atoms with Gasteiger partial charge in [-0.3, -0.25) is 9.59 Å². The van der Waals surface area contributed by atoms with Gasteiger partial charge in [0.1, 0.15) is 0 Å². The zero-order valence-electron chi connectivity index (χ0n) is 13.8. The van der Waals surface area contributed by atoms with Crippen LogP contribution in [0, 0.1) is 6.92 Å². The predicted octanol–water partition coefficient (Wildman–Crippen LogP) is 3.32.